The fourth-order valence-electron chi connectivity index (χ4n) is 5.01. The lowest BCUT2D eigenvalue weighted by Gasteiger charge is -2.57. The summed E-state index contributed by atoms with van der Waals surface area (Å²) in [4.78, 5) is 12.3. The summed E-state index contributed by atoms with van der Waals surface area (Å²) in [6, 6.07) is 3.75. The molecule has 0 heterocycles. The SMILES string of the molecule is CC.CCCC12CC(=O)CCC1(O)C(C)Cc1ccc(OC)c(O)c12. The minimum atomic E-state index is -0.951. The minimum Gasteiger partial charge on any atom is -0.504 e. The van der Waals surface area contributed by atoms with Crippen LogP contribution in [0.25, 0.3) is 0 Å². The van der Waals surface area contributed by atoms with Crippen LogP contribution in [0.4, 0.5) is 0 Å². The molecule has 0 radical (unpaired) electrons. The number of benzene rings is 1. The predicted molar refractivity (Wildman–Crippen MR) is 99.3 cm³/mol. The number of ether oxygens (including phenoxy) is 1. The van der Waals surface area contributed by atoms with Gasteiger partial charge in [0.1, 0.15) is 5.78 Å². The highest BCUT2D eigenvalue weighted by Gasteiger charge is 2.60. The van der Waals surface area contributed by atoms with Crippen molar-refractivity contribution >= 4 is 5.78 Å². The molecule has 0 saturated heterocycles. The van der Waals surface area contributed by atoms with E-state index in [2.05, 4.69) is 13.8 Å². The summed E-state index contributed by atoms with van der Waals surface area (Å²) >= 11 is 0. The first kappa shape index (κ1) is 19.8. The Morgan fingerprint density at radius 2 is 2.00 bits per heavy atom. The van der Waals surface area contributed by atoms with E-state index in [0.717, 1.165) is 17.5 Å². The third kappa shape index (κ3) is 2.84. The van der Waals surface area contributed by atoms with Gasteiger partial charge in [0.05, 0.1) is 12.7 Å². The molecule has 2 aliphatic carbocycles. The number of hydrogen-bond acceptors (Lipinski definition) is 4. The van der Waals surface area contributed by atoms with Crippen LogP contribution < -0.4 is 4.74 Å². The number of Topliss-reactive ketones (excluding diaryl/α,β-unsaturated/α-hetero) is 1. The summed E-state index contributed by atoms with van der Waals surface area (Å²) in [6.45, 7) is 8.12. The first-order chi connectivity index (χ1) is 11.9. The Morgan fingerprint density at radius 3 is 2.60 bits per heavy atom. The summed E-state index contributed by atoms with van der Waals surface area (Å²) in [6.07, 6.45) is 3.44. The van der Waals surface area contributed by atoms with Crippen LogP contribution in [-0.2, 0) is 16.6 Å². The van der Waals surface area contributed by atoms with Crippen molar-refractivity contribution in [1.29, 1.82) is 0 Å². The molecule has 25 heavy (non-hydrogen) atoms. The standard InChI is InChI=1S/C19H26O4.C2H6/c1-4-8-18-11-14(20)7-9-19(18,22)12(2)10-13-5-6-15(23-3)17(21)16(13)18;1-2/h5-6,12,21-22H,4,7-11H2,1-3H3;1-2H3. The topological polar surface area (TPSA) is 66.8 Å². The Balaban J connectivity index is 0.00000109. The number of carbonyl (C=O) groups is 1. The van der Waals surface area contributed by atoms with Gasteiger partial charge in [0.15, 0.2) is 11.5 Å². The van der Waals surface area contributed by atoms with Gasteiger partial charge in [-0.1, -0.05) is 40.2 Å². The number of aliphatic hydroxyl groups is 1. The van der Waals surface area contributed by atoms with E-state index in [1.54, 1.807) is 6.07 Å². The first-order valence-electron chi connectivity index (χ1n) is 9.53. The zero-order valence-corrected chi connectivity index (χ0v) is 16.2. The van der Waals surface area contributed by atoms with Crippen LogP contribution in [0, 0.1) is 5.92 Å². The van der Waals surface area contributed by atoms with Crippen LogP contribution in [0.5, 0.6) is 11.5 Å². The van der Waals surface area contributed by atoms with E-state index in [0.29, 0.717) is 37.9 Å². The molecule has 140 valence electrons. The normalized spacial score (nSPS) is 30.6. The Morgan fingerprint density at radius 1 is 1.32 bits per heavy atom. The fraction of sp³-hybridized carbons (Fsp3) is 0.667. The molecular formula is C21H32O4. The predicted octanol–water partition coefficient (Wildman–Crippen LogP) is 4.14. The lowest BCUT2D eigenvalue weighted by Crippen LogP contribution is -2.62. The molecule has 2 N–H and O–H groups in total. The largest absolute Gasteiger partial charge is 0.504 e. The van der Waals surface area contributed by atoms with Crippen LogP contribution in [-0.4, -0.2) is 28.7 Å². The zero-order chi connectivity index (χ0) is 18.8. The molecule has 4 heteroatoms. The van der Waals surface area contributed by atoms with Crippen molar-refractivity contribution in [2.24, 2.45) is 5.92 Å². The van der Waals surface area contributed by atoms with E-state index < -0.39 is 11.0 Å². The molecule has 3 unspecified atom stereocenters. The maximum absolute atomic E-state index is 12.3. The summed E-state index contributed by atoms with van der Waals surface area (Å²) in [5.74, 6) is 0.737. The Hall–Kier alpha value is -1.55. The summed E-state index contributed by atoms with van der Waals surface area (Å²) < 4.78 is 5.28. The zero-order valence-electron chi connectivity index (χ0n) is 16.2. The second-order valence-corrected chi connectivity index (χ2v) is 7.23. The highest BCUT2D eigenvalue weighted by molar-refractivity contribution is 5.82. The van der Waals surface area contributed by atoms with Gasteiger partial charge < -0.3 is 14.9 Å². The van der Waals surface area contributed by atoms with Crippen LogP contribution in [0.15, 0.2) is 12.1 Å². The number of ketones is 1. The van der Waals surface area contributed by atoms with Crippen molar-refractivity contribution in [3.8, 4) is 11.5 Å². The second-order valence-electron chi connectivity index (χ2n) is 7.23. The maximum atomic E-state index is 12.3. The van der Waals surface area contributed by atoms with Gasteiger partial charge in [0.25, 0.3) is 0 Å². The summed E-state index contributed by atoms with van der Waals surface area (Å²) in [7, 11) is 1.53. The van der Waals surface area contributed by atoms with Gasteiger partial charge in [-0.3, -0.25) is 4.79 Å². The molecule has 1 aromatic carbocycles. The molecule has 1 saturated carbocycles. The third-order valence-electron chi connectivity index (χ3n) is 6.06. The lowest BCUT2D eigenvalue weighted by atomic mass is 9.49. The molecule has 0 aliphatic heterocycles. The number of hydrogen-bond donors (Lipinski definition) is 2. The van der Waals surface area contributed by atoms with Gasteiger partial charge in [-0.2, -0.15) is 0 Å². The van der Waals surface area contributed by atoms with Gasteiger partial charge in [-0.05, 0) is 36.8 Å². The number of phenolic OH excluding ortho intramolecular Hbond substituents is 1. The van der Waals surface area contributed by atoms with Gasteiger partial charge >= 0.3 is 0 Å². The third-order valence-corrected chi connectivity index (χ3v) is 6.06. The molecular weight excluding hydrogens is 316 g/mol. The summed E-state index contributed by atoms with van der Waals surface area (Å²) in [5.41, 5.74) is 0.118. The average Bonchev–Trinajstić information content (AvgIpc) is 2.59. The highest BCUT2D eigenvalue weighted by atomic mass is 16.5. The number of aromatic hydroxyl groups is 1. The lowest BCUT2D eigenvalue weighted by molar-refractivity contribution is -0.148. The number of carbonyl (C=O) groups excluding carboxylic acids is 1. The van der Waals surface area contributed by atoms with Gasteiger partial charge in [0.2, 0.25) is 0 Å². The van der Waals surface area contributed by atoms with Crippen molar-refractivity contribution in [2.45, 2.75) is 77.2 Å². The van der Waals surface area contributed by atoms with Gasteiger partial charge in [0, 0.05) is 23.8 Å². The molecule has 0 aromatic heterocycles. The van der Waals surface area contributed by atoms with Crippen molar-refractivity contribution in [3.63, 3.8) is 0 Å². The van der Waals surface area contributed by atoms with Crippen molar-refractivity contribution in [2.75, 3.05) is 7.11 Å². The quantitative estimate of drug-likeness (QED) is 0.861. The van der Waals surface area contributed by atoms with Crippen LogP contribution in [0.3, 0.4) is 0 Å². The molecule has 3 atom stereocenters. The van der Waals surface area contributed by atoms with Crippen molar-refractivity contribution in [3.05, 3.63) is 23.3 Å². The maximum Gasteiger partial charge on any atom is 0.161 e. The molecule has 4 nitrogen and oxygen atoms in total. The van der Waals surface area contributed by atoms with E-state index >= 15 is 0 Å². The molecule has 1 fully saturated rings. The van der Waals surface area contributed by atoms with E-state index in [-0.39, 0.29) is 17.5 Å². The fourth-order valence-corrected chi connectivity index (χ4v) is 5.01. The van der Waals surface area contributed by atoms with E-state index in [1.807, 2.05) is 19.9 Å². The summed E-state index contributed by atoms with van der Waals surface area (Å²) in [5, 5.41) is 22.4. The van der Waals surface area contributed by atoms with Crippen LogP contribution in [0.1, 0.15) is 70.9 Å². The number of rotatable bonds is 3. The monoisotopic (exact) mass is 348 g/mol. The van der Waals surface area contributed by atoms with Gasteiger partial charge in [-0.25, -0.2) is 0 Å². The molecule has 0 amide bonds. The Bertz CT molecular complexity index is 639. The van der Waals surface area contributed by atoms with E-state index in [9.17, 15) is 15.0 Å². The molecule has 3 rings (SSSR count). The van der Waals surface area contributed by atoms with Crippen molar-refractivity contribution in [1.82, 2.24) is 0 Å². The van der Waals surface area contributed by atoms with E-state index in [1.165, 1.54) is 7.11 Å². The molecule has 2 aliphatic rings. The minimum absolute atomic E-state index is 0.0578. The van der Waals surface area contributed by atoms with E-state index in [4.69, 9.17) is 4.74 Å². The number of phenols is 1. The number of fused-ring (bicyclic) bond motifs is 3. The first-order valence-corrected chi connectivity index (χ1v) is 9.53. The molecule has 0 spiro atoms. The molecule has 1 aromatic rings. The Labute approximate surface area is 151 Å². The average molecular weight is 348 g/mol. The smallest absolute Gasteiger partial charge is 0.161 e. The number of methoxy groups -OCH3 is 1. The second kappa shape index (κ2) is 7.36. The van der Waals surface area contributed by atoms with Crippen molar-refractivity contribution < 1.29 is 19.7 Å². The van der Waals surface area contributed by atoms with Crippen LogP contribution in [0.2, 0.25) is 0 Å². The molecule has 0 bridgehead atoms. The van der Waals surface area contributed by atoms with Crippen LogP contribution >= 0.6 is 0 Å². The Kier molecular flexibility index (Phi) is 5.82. The van der Waals surface area contributed by atoms with Gasteiger partial charge in [-0.15, -0.1) is 0 Å². The highest BCUT2D eigenvalue weighted by Crippen LogP contribution is 2.59.